The first-order valence-electron chi connectivity index (χ1n) is 7.80. The van der Waals surface area contributed by atoms with E-state index in [-0.39, 0.29) is 23.6 Å². The predicted molar refractivity (Wildman–Crippen MR) is 93.4 cm³/mol. The zero-order chi connectivity index (χ0) is 18.8. The smallest absolute Gasteiger partial charge is 0.337 e. The number of halogens is 1. The molecule has 1 unspecified atom stereocenters. The average Bonchev–Trinajstić information content (AvgIpc) is 2.59. The molecule has 0 saturated carbocycles. The van der Waals surface area contributed by atoms with Crippen molar-refractivity contribution in [2.75, 3.05) is 11.9 Å². The Kier molecular flexibility index (Phi) is 4.57. The standard InChI is InChI=1S/C18H16FN3O4/c1-3-8-26-17(24)12-9(2)20-15-14(16(23)22-18(25)21-15)13(12)10-4-6-11(19)7-5-10/h3-7,13H,1,8H2,2H3,(H3,20,21,22,23,25). The highest BCUT2D eigenvalue weighted by Gasteiger charge is 2.35. The van der Waals surface area contributed by atoms with E-state index in [4.69, 9.17) is 4.74 Å². The van der Waals surface area contributed by atoms with Crippen molar-refractivity contribution in [3.05, 3.63) is 86.0 Å². The summed E-state index contributed by atoms with van der Waals surface area (Å²) in [6.07, 6.45) is 1.43. The molecule has 0 spiro atoms. The molecule has 3 N–H and O–H groups in total. The summed E-state index contributed by atoms with van der Waals surface area (Å²) in [5.74, 6) is -1.73. The zero-order valence-electron chi connectivity index (χ0n) is 13.9. The molecule has 2 aromatic rings. The van der Waals surface area contributed by atoms with E-state index in [1.54, 1.807) is 6.92 Å². The third-order valence-electron chi connectivity index (χ3n) is 4.03. The van der Waals surface area contributed by atoms with Crippen LogP contribution in [0.1, 0.15) is 24.0 Å². The van der Waals surface area contributed by atoms with Crippen molar-refractivity contribution in [2.24, 2.45) is 0 Å². The second-order valence-corrected chi connectivity index (χ2v) is 5.73. The summed E-state index contributed by atoms with van der Waals surface area (Å²) in [5.41, 5.74) is -0.0497. The van der Waals surface area contributed by atoms with Crippen LogP contribution in [-0.4, -0.2) is 22.5 Å². The van der Waals surface area contributed by atoms with E-state index in [9.17, 15) is 18.8 Å². The zero-order valence-corrected chi connectivity index (χ0v) is 13.9. The van der Waals surface area contributed by atoms with Gasteiger partial charge in [-0.15, -0.1) is 0 Å². The lowest BCUT2D eigenvalue weighted by Gasteiger charge is -2.28. The summed E-state index contributed by atoms with van der Waals surface area (Å²) in [4.78, 5) is 41.3. The van der Waals surface area contributed by atoms with Gasteiger partial charge in [-0.3, -0.25) is 14.8 Å². The van der Waals surface area contributed by atoms with Gasteiger partial charge in [0.2, 0.25) is 0 Å². The maximum atomic E-state index is 13.3. The van der Waals surface area contributed by atoms with E-state index in [0.29, 0.717) is 11.3 Å². The molecule has 8 heteroatoms. The van der Waals surface area contributed by atoms with Gasteiger partial charge in [0.05, 0.1) is 17.1 Å². The predicted octanol–water partition coefficient (Wildman–Crippen LogP) is 1.76. The number of H-pyrrole nitrogens is 2. The summed E-state index contributed by atoms with van der Waals surface area (Å²) in [7, 11) is 0. The summed E-state index contributed by atoms with van der Waals surface area (Å²) in [6.45, 7) is 5.13. The normalized spacial score (nSPS) is 15.8. The van der Waals surface area contributed by atoms with Crippen LogP contribution in [0.3, 0.4) is 0 Å². The van der Waals surface area contributed by atoms with Gasteiger partial charge in [-0.1, -0.05) is 24.8 Å². The van der Waals surface area contributed by atoms with E-state index in [2.05, 4.69) is 21.9 Å². The molecule has 0 aliphatic carbocycles. The number of hydrogen-bond acceptors (Lipinski definition) is 5. The molecular formula is C18H16FN3O4. The lowest BCUT2D eigenvalue weighted by atomic mass is 9.82. The van der Waals surface area contributed by atoms with Crippen LogP contribution in [-0.2, 0) is 9.53 Å². The van der Waals surface area contributed by atoms with Crippen molar-refractivity contribution >= 4 is 11.8 Å². The van der Waals surface area contributed by atoms with Crippen LogP contribution in [0.5, 0.6) is 0 Å². The number of benzene rings is 1. The Hall–Kier alpha value is -3.42. The van der Waals surface area contributed by atoms with Gasteiger partial charge in [-0.2, -0.15) is 0 Å². The molecule has 1 aliphatic rings. The van der Waals surface area contributed by atoms with Crippen molar-refractivity contribution < 1.29 is 13.9 Å². The first-order chi connectivity index (χ1) is 12.4. The van der Waals surface area contributed by atoms with Crippen molar-refractivity contribution in [3.63, 3.8) is 0 Å². The third kappa shape index (κ3) is 3.08. The monoisotopic (exact) mass is 357 g/mol. The Balaban J connectivity index is 2.23. The van der Waals surface area contributed by atoms with Crippen LogP contribution in [0.25, 0.3) is 0 Å². The fourth-order valence-electron chi connectivity index (χ4n) is 2.96. The molecular weight excluding hydrogens is 341 g/mol. The molecule has 1 aromatic carbocycles. The van der Waals surface area contributed by atoms with Gasteiger partial charge < -0.3 is 10.1 Å². The second kappa shape index (κ2) is 6.83. The molecule has 26 heavy (non-hydrogen) atoms. The number of allylic oxidation sites excluding steroid dienone is 1. The number of aromatic amines is 2. The maximum Gasteiger partial charge on any atom is 0.337 e. The number of rotatable bonds is 4. The van der Waals surface area contributed by atoms with Crippen LogP contribution < -0.4 is 16.6 Å². The van der Waals surface area contributed by atoms with E-state index >= 15 is 0 Å². The van der Waals surface area contributed by atoms with Gasteiger partial charge >= 0.3 is 11.7 Å². The number of fused-ring (bicyclic) bond motifs is 1. The number of carbonyl (C=O) groups is 1. The second-order valence-electron chi connectivity index (χ2n) is 5.73. The summed E-state index contributed by atoms with van der Waals surface area (Å²) < 4.78 is 18.5. The number of ether oxygens (including phenoxy) is 1. The molecule has 1 aromatic heterocycles. The Morgan fingerprint density at radius 2 is 1.96 bits per heavy atom. The van der Waals surface area contributed by atoms with Crippen molar-refractivity contribution in [2.45, 2.75) is 12.8 Å². The Bertz CT molecular complexity index is 1020. The number of esters is 1. The maximum absolute atomic E-state index is 13.3. The van der Waals surface area contributed by atoms with Gasteiger partial charge in [0.25, 0.3) is 5.56 Å². The minimum absolute atomic E-state index is 0.000584. The number of anilines is 1. The van der Waals surface area contributed by atoms with Crippen molar-refractivity contribution in [1.29, 1.82) is 0 Å². The first kappa shape index (κ1) is 17.4. The fourth-order valence-corrected chi connectivity index (χ4v) is 2.96. The fraction of sp³-hybridized carbons (Fsp3) is 0.167. The Morgan fingerprint density at radius 1 is 1.27 bits per heavy atom. The molecule has 1 aliphatic heterocycles. The summed E-state index contributed by atoms with van der Waals surface area (Å²) in [6, 6.07) is 5.43. The van der Waals surface area contributed by atoms with Gasteiger partial charge in [0.15, 0.2) is 0 Å². The highest BCUT2D eigenvalue weighted by molar-refractivity contribution is 5.94. The molecule has 134 valence electrons. The van der Waals surface area contributed by atoms with Crippen molar-refractivity contribution in [3.8, 4) is 0 Å². The van der Waals surface area contributed by atoms with E-state index in [1.165, 1.54) is 30.3 Å². The number of aromatic nitrogens is 2. The van der Waals surface area contributed by atoms with E-state index in [1.807, 2.05) is 0 Å². The molecule has 0 saturated heterocycles. The molecule has 7 nitrogen and oxygen atoms in total. The topological polar surface area (TPSA) is 104 Å². The molecule has 3 rings (SSSR count). The van der Waals surface area contributed by atoms with Gasteiger partial charge in [-0.05, 0) is 24.6 Å². The van der Waals surface area contributed by atoms with Crippen LogP contribution in [0.2, 0.25) is 0 Å². The largest absolute Gasteiger partial charge is 0.458 e. The van der Waals surface area contributed by atoms with E-state index < -0.39 is 29.0 Å². The number of carbonyl (C=O) groups excluding carboxylic acids is 1. The lowest BCUT2D eigenvalue weighted by Crippen LogP contribution is -2.35. The highest BCUT2D eigenvalue weighted by atomic mass is 19.1. The van der Waals surface area contributed by atoms with Crippen LogP contribution in [0.4, 0.5) is 10.2 Å². The molecule has 0 radical (unpaired) electrons. The van der Waals surface area contributed by atoms with E-state index in [0.717, 1.165) is 0 Å². The lowest BCUT2D eigenvalue weighted by molar-refractivity contribution is -0.138. The first-order valence-corrected chi connectivity index (χ1v) is 7.80. The van der Waals surface area contributed by atoms with Gasteiger partial charge in [0.1, 0.15) is 18.2 Å². The SMILES string of the molecule is C=CCOC(=O)C1=C(C)Nc2[nH]c(=O)[nH]c(=O)c2C1c1ccc(F)cc1. The van der Waals surface area contributed by atoms with Crippen LogP contribution in [0, 0.1) is 5.82 Å². The number of nitrogens with one attached hydrogen (secondary N) is 3. The molecule has 0 amide bonds. The Labute approximate surface area is 147 Å². The minimum atomic E-state index is -0.829. The minimum Gasteiger partial charge on any atom is -0.458 e. The molecule has 1 atom stereocenters. The summed E-state index contributed by atoms with van der Waals surface area (Å²) >= 11 is 0. The van der Waals surface area contributed by atoms with Gasteiger partial charge in [-0.25, -0.2) is 14.0 Å². The molecule has 0 bridgehead atoms. The molecule has 2 heterocycles. The van der Waals surface area contributed by atoms with Crippen LogP contribution in [0.15, 0.2) is 57.8 Å². The average molecular weight is 357 g/mol. The van der Waals surface area contributed by atoms with Crippen molar-refractivity contribution in [1.82, 2.24) is 9.97 Å². The highest BCUT2D eigenvalue weighted by Crippen LogP contribution is 2.39. The molecule has 0 fully saturated rings. The van der Waals surface area contributed by atoms with Crippen LogP contribution >= 0.6 is 0 Å². The quantitative estimate of drug-likeness (QED) is 0.571. The van der Waals surface area contributed by atoms with Gasteiger partial charge in [0, 0.05) is 5.70 Å². The Morgan fingerprint density at radius 3 is 2.62 bits per heavy atom. The number of hydrogen-bond donors (Lipinski definition) is 3. The summed E-state index contributed by atoms with van der Waals surface area (Å²) in [5, 5.41) is 2.86. The third-order valence-corrected chi connectivity index (χ3v) is 4.03.